The Morgan fingerprint density at radius 2 is 1.65 bits per heavy atom. The highest BCUT2D eigenvalue weighted by Crippen LogP contribution is 2.39. The molecular weight excluding hydrogens is 902 g/mol. The molecule has 8 nitrogen and oxygen atoms in total. The quantitative estimate of drug-likeness (QED) is 0.103. The molecule has 52 heavy (non-hydrogen) atoms. The number of hydrogen-bond donors (Lipinski definition) is 0. The lowest BCUT2D eigenvalue weighted by Gasteiger charge is -2.26. The summed E-state index contributed by atoms with van der Waals surface area (Å²) < 4.78 is 27.3. The number of aromatic nitrogens is 1. The van der Waals surface area contributed by atoms with Crippen molar-refractivity contribution in [1.82, 2.24) is 4.57 Å². The van der Waals surface area contributed by atoms with Gasteiger partial charge in [-0.1, -0.05) is 90.2 Å². The van der Waals surface area contributed by atoms with Crippen molar-refractivity contribution in [3.8, 4) is 17.2 Å². The van der Waals surface area contributed by atoms with Crippen LogP contribution in [0.5, 0.6) is 17.2 Å². The van der Waals surface area contributed by atoms with Crippen LogP contribution in [0.25, 0.3) is 22.5 Å². The lowest BCUT2D eigenvalue weighted by atomic mass is 9.93. The van der Waals surface area contributed by atoms with Crippen LogP contribution in [0.1, 0.15) is 35.2 Å². The van der Waals surface area contributed by atoms with Crippen molar-refractivity contribution in [1.29, 1.82) is 0 Å². The number of fused-ring (bicyclic) bond motifs is 2. The first-order valence-corrected chi connectivity index (χ1v) is 19.4. The second kappa shape index (κ2) is 15.6. The Morgan fingerprint density at radius 1 is 0.904 bits per heavy atom. The van der Waals surface area contributed by atoms with Gasteiger partial charge in [-0.05, 0) is 104 Å². The van der Waals surface area contributed by atoms with Gasteiger partial charge in [-0.2, -0.15) is 0 Å². The number of carbonyl (C=O) groups is 1. The molecule has 5 aromatic carbocycles. The first-order valence-electron chi connectivity index (χ1n) is 16.4. The minimum atomic E-state index is -0.870. The number of esters is 1. The Bertz CT molecular complexity index is 2540. The zero-order chi connectivity index (χ0) is 36.4. The van der Waals surface area contributed by atoms with Gasteiger partial charge in [0.05, 0.1) is 46.2 Å². The summed E-state index contributed by atoms with van der Waals surface area (Å²) in [7, 11) is 3.11. The zero-order valence-electron chi connectivity index (χ0n) is 28.4. The molecule has 0 spiro atoms. The van der Waals surface area contributed by atoms with Gasteiger partial charge in [-0.25, -0.2) is 9.79 Å². The molecule has 0 saturated heterocycles. The summed E-state index contributed by atoms with van der Waals surface area (Å²) in [5, 5.41) is 2.27. The van der Waals surface area contributed by atoms with Gasteiger partial charge in [-0.15, -0.1) is 0 Å². The molecule has 0 fully saturated rings. The molecule has 0 radical (unpaired) electrons. The van der Waals surface area contributed by atoms with Gasteiger partial charge in [0.15, 0.2) is 16.3 Å². The monoisotopic (exact) mass is 934 g/mol. The van der Waals surface area contributed by atoms with Crippen LogP contribution >= 0.6 is 56.5 Å². The molecule has 0 saturated carbocycles. The van der Waals surface area contributed by atoms with Crippen molar-refractivity contribution in [2.24, 2.45) is 4.99 Å². The predicted octanol–water partition coefficient (Wildman–Crippen LogP) is 7.89. The van der Waals surface area contributed by atoms with Crippen LogP contribution in [0.4, 0.5) is 0 Å². The third kappa shape index (κ3) is 7.00. The van der Waals surface area contributed by atoms with Crippen LogP contribution in [0.2, 0.25) is 0 Å². The van der Waals surface area contributed by atoms with Crippen molar-refractivity contribution in [2.45, 2.75) is 19.6 Å². The molecular formula is C41H32I2N2O6S. The summed E-state index contributed by atoms with van der Waals surface area (Å²) in [4.78, 5) is 34.0. The number of thiazole rings is 1. The largest absolute Gasteiger partial charge is 0.493 e. The standard InChI is InChI=1S/C41H32I2N2O6S/c1-4-50-40(47)35-36(25-12-6-5-7-13-25)44-41-45(37(35)26-17-18-32(48-2)33(20-26)49-3)39(46)34(52-41)21-28-19-29(42)22-31(43)38(28)51-23-27-15-10-14-24-11-8-9-16-30(24)27/h5-22,37H,4,23H2,1-3H3/b34-21-/t37-/m1/s1. The summed E-state index contributed by atoms with van der Waals surface area (Å²) in [6.07, 6.45) is 1.86. The molecule has 7 rings (SSSR count). The maximum absolute atomic E-state index is 14.7. The minimum Gasteiger partial charge on any atom is -0.493 e. The average Bonchev–Trinajstić information content (AvgIpc) is 3.47. The summed E-state index contributed by atoms with van der Waals surface area (Å²) in [5.41, 5.74) is 3.58. The third-order valence-corrected chi connectivity index (χ3v) is 11.1. The molecule has 0 amide bonds. The molecule has 0 bridgehead atoms. The van der Waals surface area contributed by atoms with E-state index in [-0.39, 0.29) is 17.7 Å². The van der Waals surface area contributed by atoms with E-state index in [1.165, 1.54) is 11.3 Å². The van der Waals surface area contributed by atoms with E-state index in [2.05, 4.69) is 69.4 Å². The fraction of sp³-hybridized carbons (Fsp3) is 0.146. The molecule has 11 heteroatoms. The van der Waals surface area contributed by atoms with Gasteiger partial charge < -0.3 is 18.9 Å². The molecule has 2 heterocycles. The van der Waals surface area contributed by atoms with Gasteiger partial charge in [0.2, 0.25) is 0 Å². The van der Waals surface area contributed by atoms with E-state index in [9.17, 15) is 9.59 Å². The van der Waals surface area contributed by atoms with E-state index in [0.717, 1.165) is 34.6 Å². The normalized spacial score (nSPS) is 14.2. The average molecular weight is 935 g/mol. The van der Waals surface area contributed by atoms with Gasteiger partial charge in [0, 0.05) is 14.7 Å². The molecule has 6 aromatic rings. The Hall–Kier alpha value is -4.47. The number of benzene rings is 5. The Morgan fingerprint density at radius 3 is 2.42 bits per heavy atom. The SMILES string of the molecule is CCOC(=O)C1=C(c2ccccc2)N=c2s/c(=C\c3cc(I)cc(I)c3OCc3cccc4ccccc34)c(=O)n2[C@@H]1c1ccc(OC)c(OC)c1. The van der Waals surface area contributed by atoms with E-state index >= 15 is 0 Å². The van der Waals surface area contributed by atoms with E-state index in [4.69, 9.17) is 23.9 Å². The van der Waals surface area contributed by atoms with Crippen LogP contribution < -0.4 is 29.1 Å². The van der Waals surface area contributed by atoms with Crippen LogP contribution in [-0.4, -0.2) is 31.4 Å². The third-order valence-electron chi connectivity index (χ3n) is 8.67. The highest BCUT2D eigenvalue weighted by atomic mass is 127. The molecule has 262 valence electrons. The highest BCUT2D eigenvalue weighted by Gasteiger charge is 2.35. The first kappa shape index (κ1) is 35.9. The lowest BCUT2D eigenvalue weighted by molar-refractivity contribution is -0.138. The maximum Gasteiger partial charge on any atom is 0.338 e. The smallest absolute Gasteiger partial charge is 0.338 e. The Balaban J connectivity index is 1.42. The number of methoxy groups -OCH3 is 2. The van der Waals surface area contributed by atoms with Gasteiger partial charge in [0.25, 0.3) is 5.56 Å². The van der Waals surface area contributed by atoms with E-state index in [1.54, 1.807) is 37.8 Å². The Kier molecular flexibility index (Phi) is 10.8. The summed E-state index contributed by atoms with van der Waals surface area (Å²) in [6.45, 7) is 2.26. The molecule has 1 aromatic heterocycles. The number of halogens is 2. The van der Waals surface area contributed by atoms with Crippen LogP contribution in [0.3, 0.4) is 0 Å². The van der Waals surface area contributed by atoms with Crippen molar-refractivity contribution >= 4 is 85.0 Å². The molecule has 1 aliphatic rings. The van der Waals surface area contributed by atoms with Crippen LogP contribution in [-0.2, 0) is 16.1 Å². The number of carbonyl (C=O) groups excluding carboxylic acids is 1. The molecule has 0 N–H and O–H groups in total. The second-order valence-corrected chi connectivity index (χ2v) is 15.2. The van der Waals surface area contributed by atoms with E-state index in [0.29, 0.717) is 44.4 Å². The summed E-state index contributed by atoms with van der Waals surface area (Å²) >= 11 is 5.82. The van der Waals surface area contributed by atoms with Gasteiger partial charge in [-0.3, -0.25) is 9.36 Å². The zero-order valence-corrected chi connectivity index (χ0v) is 33.5. The fourth-order valence-electron chi connectivity index (χ4n) is 6.33. The van der Waals surface area contributed by atoms with E-state index in [1.807, 2.05) is 72.8 Å². The van der Waals surface area contributed by atoms with Crippen molar-refractivity contribution in [2.75, 3.05) is 20.8 Å². The van der Waals surface area contributed by atoms with Gasteiger partial charge >= 0.3 is 5.97 Å². The van der Waals surface area contributed by atoms with Crippen molar-refractivity contribution in [3.05, 3.63) is 158 Å². The number of hydrogen-bond acceptors (Lipinski definition) is 8. The maximum atomic E-state index is 14.7. The number of nitrogens with zero attached hydrogens (tertiary/aromatic N) is 2. The van der Waals surface area contributed by atoms with E-state index < -0.39 is 12.0 Å². The summed E-state index contributed by atoms with van der Waals surface area (Å²) in [6, 6.07) is 32.5. The number of rotatable bonds is 10. The predicted molar refractivity (Wildman–Crippen MR) is 221 cm³/mol. The second-order valence-electron chi connectivity index (χ2n) is 11.8. The first-order chi connectivity index (χ1) is 25.3. The van der Waals surface area contributed by atoms with Gasteiger partial charge in [0.1, 0.15) is 12.4 Å². The molecule has 0 aliphatic carbocycles. The van der Waals surface area contributed by atoms with Crippen molar-refractivity contribution in [3.63, 3.8) is 0 Å². The Labute approximate surface area is 331 Å². The number of ether oxygens (including phenoxy) is 4. The summed E-state index contributed by atoms with van der Waals surface area (Å²) in [5.74, 6) is 1.10. The molecule has 1 aliphatic heterocycles. The minimum absolute atomic E-state index is 0.153. The van der Waals surface area contributed by atoms with Crippen LogP contribution in [0.15, 0.2) is 118 Å². The topological polar surface area (TPSA) is 88.4 Å². The highest BCUT2D eigenvalue weighted by molar-refractivity contribution is 14.1. The van der Waals surface area contributed by atoms with Crippen molar-refractivity contribution < 1.29 is 23.7 Å². The fourth-order valence-corrected chi connectivity index (χ4v) is 9.37. The molecule has 1 atom stereocenters. The molecule has 0 unspecified atom stereocenters. The lowest BCUT2D eigenvalue weighted by Crippen LogP contribution is -2.40. The van der Waals surface area contributed by atoms with Crippen LogP contribution in [0, 0.1) is 7.14 Å².